The van der Waals surface area contributed by atoms with Crippen LogP contribution >= 0.6 is 0 Å². The molecular weight excluding hydrogens is 244 g/mol. The summed E-state index contributed by atoms with van der Waals surface area (Å²) < 4.78 is 1.60. The van der Waals surface area contributed by atoms with Crippen molar-refractivity contribution in [1.82, 2.24) is 14.3 Å². The highest BCUT2D eigenvalue weighted by Gasteiger charge is 2.24. The zero-order chi connectivity index (χ0) is 13.4. The predicted octanol–water partition coefficient (Wildman–Crippen LogP) is 1.15. The SMILES string of the molecule is CN1CCC(Nc2nc3ccccn3c2C(=O)O)C1. The maximum atomic E-state index is 11.4. The molecule has 2 aromatic heterocycles. The number of carboxylic acids is 1. The molecule has 1 unspecified atom stereocenters. The molecule has 1 aliphatic rings. The fraction of sp³-hybridized carbons (Fsp3) is 0.385. The number of carbonyl (C=O) groups is 1. The van der Waals surface area contributed by atoms with Crippen molar-refractivity contribution in [3.8, 4) is 0 Å². The van der Waals surface area contributed by atoms with E-state index >= 15 is 0 Å². The maximum Gasteiger partial charge on any atom is 0.356 e. The molecule has 1 saturated heterocycles. The van der Waals surface area contributed by atoms with Crippen molar-refractivity contribution in [1.29, 1.82) is 0 Å². The highest BCUT2D eigenvalue weighted by molar-refractivity contribution is 5.93. The summed E-state index contributed by atoms with van der Waals surface area (Å²) in [5.41, 5.74) is 0.846. The number of imidazole rings is 1. The van der Waals surface area contributed by atoms with Crippen LogP contribution < -0.4 is 5.32 Å². The average molecular weight is 260 g/mol. The molecular formula is C13H16N4O2. The monoisotopic (exact) mass is 260 g/mol. The number of anilines is 1. The minimum Gasteiger partial charge on any atom is -0.476 e. The standard InChI is InChI=1S/C13H16N4O2/c1-16-7-5-9(8-16)14-12-11(13(18)19)17-6-3-2-4-10(17)15-12/h2-4,6,9,14H,5,7-8H2,1H3,(H,18,19). The molecule has 0 spiro atoms. The number of aromatic nitrogens is 2. The van der Waals surface area contributed by atoms with Crippen molar-refractivity contribution in [3.63, 3.8) is 0 Å². The van der Waals surface area contributed by atoms with Crippen LogP contribution in [0.1, 0.15) is 16.9 Å². The Bertz CT molecular complexity index is 622. The molecule has 2 N–H and O–H groups in total. The Morgan fingerprint density at radius 1 is 1.53 bits per heavy atom. The Kier molecular flexibility index (Phi) is 2.87. The van der Waals surface area contributed by atoms with Gasteiger partial charge in [0, 0.05) is 18.8 Å². The van der Waals surface area contributed by atoms with Gasteiger partial charge in [0.25, 0.3) is 0 Å². The van der Waals surface area contributed by atoms with Crippen LogP contribution in [0, 0.1) is 0 Å². The van der Waals surface area contributed by atoms with Crippen molar-refractivity contribution in [2.24, 2.45) is 0 Å². The third-order valence-corrected chi connectivity index (χ3v) is 3.46. The molecule has 6 nitrogen and oxygen atoms in total. The van der Waals surface area contributed by atoms with Crippen molar-refractivity contribution in [3.05, 3.63) is 30.1 Å². The maximum absolute atomic E-state index is 11.4. The number of likely N-dealkylation sites (N-methyl/N-ethyl adjacent to an activating group) is 1. The smallest absolute Gasteiger partial charge is 0.356 e. The van der Waals surface area contributed by atoms with E-state index in [1.807, 2.05) is 6.07 Å². The molecule has 1 aliphatic heterocycles. The van der Waals surface area contributed by atoms with E-state index in [0.29, 0.717) is 11.5 Å². The number of hydrogen-bond acceptors (Lipinski definition) is 4. The molecule has 0 amide bonds. The minimum absolute atomic E-state index is 0.199. The van der Waals surface area contributed by atoms with Crippen LogP contribution in [0.3, 0.4) is 0 Å². The van der Waals surface area contributed by atoms with Crippen LogP contribution in [0.15, 0.2) is 24.4 Å². The zero-order valence-electron chi connectivity index (χ0n) is 10.7. The summed E-state index contributed by atoms with van der Waals surface area (Å²) in [5.74, 6) is -0.508. The Morgan fingerprint density at radius 2 is 2.37 bits per heavy atom. The van der Waals surface area contributed by atoms with Gasteiger partial charge in [0.15, 0.2) is 11.5 Å². The second kappa shape index (κ2) is 4.55. The third-order valence-electron chi connectivity index (χ3n) is 3.46. The van der Waals surface area contributed by atoms with Gasteiger partial charge in [0.2, 0.25) is 0 Å². The van der Waals surface area contributed by atoms with Crippen LogP contribution in [0.5, 0.6) is 0 Å². The number of hydrogen-bond donors (Lipinski definition) is 2. The van der Waals surface area contributed by atoms with E-state index in [1.54, 1.807) is 22.7 Å². The number of rotatable bonds is 3. The van der Waals surface area contributed by atoms with E-state index in [0.717, 1.165) is 19.5 Å². The van der Waals surface area contributed by atoms with E-state index in [1.165, 1.54) is 0 Å². The molecule has 1 fully saturated rings. The number of carboxylic acid groups (broad SMARTS) is 1. The lowest BCUT2D eigenvalue weighted by Crippen LogP contribution is -2.24. The lowest BCUT2D eigenvalue weighted by Gasteiger charge is -2.12. The van der Waals surface area contributed by atoms with E-state index in [4.69, 9.17) is 0 Å². The van der Waals surface area contributed by atoms with Gasteiger partial charge in [-0.1, -0.05) is 6.07 Å². The van der Waals surface area contributed by atoms with Gasteiger partial charge in [-0.05, 0) is 32.1 Å². The van der Waals surface area contributed by atoms with Gasteiger partial charge in [0.1, 0.15) is 5.65 Å². The van der Waals surface area contributed by atoms with Crippen LogP contribution in [0.25, 0.3) is 5.65 Å². The Labute approximate surface area is 110 Å². The summed E-state index contributed by atoms with van der Waals surface area (Å²) in [7, 11) is 2.06. The molecule has 100 valence electrons. The van der Waals surface area contributed by atoms with Crippen LogP contribution in [-0.2, 0) is 0 Å². The van der Waals surface area contributed by atoms with Crippen molar-refractivity contribution in [2.75, 3.05) is 25.5 Å². The lowest BCUT2D eigenvalue weighted by atomic mass is 10.2. The summed E-state index contributed by atoms with van der Waals surface area (Å²) in [6.07, 6.45) is 2.72. The van der Waals surface area contributed by atoms with Gasteiger partial charge in [-0.2, -0.15) is 0 Å². The van der Waals surface area contributed by atoms with Gasteiger partial charge in [-0.15, -0.1) is 0 Å². The number of aromatic carboxylic acids is 1. The first-order valence-corrected chi connectivity index (χ1v) is 6.30. The van der Waals surface area contributed by atoms with Gasteiger partial charge in [-0.3, -0.25) is 4.40 Å². The fourth-order valence-corrected chi connectivity index (χ4v) is 2.55. The second-order valence-corrected chi connectivity index (χ2v) is 4.94. The normalized spacial score (nSPS) is 19.9. The number of nitrogens with one attached hydrogen (secondary N) is 1. The minimum atomic E-state index is -0.965. The molecule has 0 aromatic carbocycles. The second-order valence-electron chi connectivity index (χ2n) is 4.94. The van der Waals surface area contributed by atoms with Crippen molar-refractivity contribution >= 4 is 17.4 Å². The van der Waals surface area contributed by atoms with Gasteiger partial charge < -0.3 is 15.3 Å². The van der Waals surface area contributed by atoms with Gasteiger partial charge in [-0.25, -0.2) is 9.78 Å². The van der Waals surface area contributed by atoms with Crippen molar-refractivity contribution < 1.29 is 9.90 Å². The molecule has 19 heavy (non-hydrogen) atoms. The first-order chi connectivity index (χ1) is 9.15. The largest absolute Gasteiger partial charge is 0.476 e. The van der Waals surface area contributed by atoms with Crippen molar-refractivity contribution in [2.45, 2.75) is 12.5 Å². The molecule has 0 saturated carbocycles. The molecule has 0 aliphatic carbocycles. The molecule has 2 aromatic rings. The quantitative estimate of drug-likeness (QED) is 0.866. The summed E-state index contributed by atoms with van der Waals surface area (Å²) in [5, 5.41) is 12.6. The Morgan fingerprint density at radius 3 is 3.05 bits per heavy atom. The predicted molar refractivity (Wildman–Crippen MR) is 71.7 cm³/mol. The Hall–Kier alpha value is -2.08. The molecule has 0 radical (unpaired) electrons. The van der Waals surface area contributed by atoms with E-state index in [2.05, 4.69) is 22.2 Å². The number of nitrogens with zero attached hydrogens (tertiary/aromatic N) is 3. The van der Waals surface area contributed by atoms with Crippen LogP contribution in [0.4, 0.5) is 5.82 Å². The Balaban J connectivity index is 1.98. The molecule has 3 rings (SSSR count). The number of pyridine rings is 1. The number of likely N-dealkylation sites (tertiary alicyclic amines) is 1. The highest BCUT2D eigenvalue weighted by Crippen LogP contribution is 2.20. The van der Waals surface area contributed by atoms with Crippen LogP contribution in [0.2, 0.25) is 0 Å². The molecule has 1 atom stereocenters. The summed E-state index contributed by atoms with van der Waals surface area (Å²) in [6.45, 7) is 1.93. The first kappa shape index (κ1) is 12.0. The van der Waals surface area contributed by atoms with E-state index < -0.39 is 5.97 Å². The highest BCUT2D eigenvalue weighted by atomic mass is 16.4. The van der Waals surface area contributed by atoms with Gasteiger partial charge in [0.05, 0.1) is 0 Å². The molecule has 0 bridgehead atoms. The molecule has 3 heterocycles. The zero-order valence-corrected chi connectivity index (χ0v) is 10.7. The summed E-state index contributed by atoms with van der Waals surface area (Å²) >= 11 is 0. The number of fused-ring (bicyclic) bond motifs is 1. The van der Waals surface area contributed by atoms with E-state index in [-0.39, 0.29) is 11.7 Å². The summed E-state index contributed by atoms with van der Waals surface area (Å²) in [4.78, 5) is 18.0. The summed E-state index contributed by atoms with van der Waals surface area (Å²) in [6, 6.07) is 5.71. The topological polar surface area (TPSA) is 69.9 Å². The van der Waals surface area contributed by atoms with Gasteiger partial charge >= 0.3 is 5.97 Å². The lowest BCUT2D eigenvalue weighted by molar-refractivity contribution is 0.0690. The van der Waals surface area contributed by atoms with E-state index in [9.17, 15) is 9.90 Å². The molecule has 6 heteroatoms. The first-order valence-electron chi connectivity index (χ1n) is 6.30. The van der Waals surface area contributed by atoms with Crippen LogP contribution in [-0.4, -0.2) is 51.5 Å². The fourth-order valence-electron chi connectivity index (χ4n) is 2.55. The average Bonchev–Trinajstić information content (AvgIpc) is 2.92. The third kappa shape index (κ3) is 2.15.